The summed E-state index contributed by atoms with van der Waals surface area (Å²) in [5, 5.41) is 12.3. The van der Waals surface area contributed by atoms with Crippen molar-refractivity contribution >= 4 is 17.6 Å². The number of thioether (sulfide) groups is 1. The van der Waals surface area contributed by atoms with Gasteiger partial charge in [-0.2, -0.15) is 11.8 Å². The van der Waals surface area contributed by atoms with E-state index in [-0.39, 0.29) is 0 Å². The van der Waals surface area contributed by atoms with Crippen molar-refractivity contribution in [2.75, 3.05) is 18.8 Å². The van der Waals surface area contributed by atoms with E-state index in [1.807, 2.05) is 0 Å². The maximum atomic E-state index is 8.52. The molecule has 4 nitrogen and oxygen atoms in total. The van der Waals surface area contributed by atoms with Crippen molar-refractivity contribution in [3.8, 4) is 0 Å². The largest absolute Gasteiger partial charge is 0.409 e. The Kier molecular flexibility index (Phi) is 5.25. The summed E-state index contributed by atoms with van der Waals surface area (Å²) < 4.78 is 0. The zero-order valence-corrected chi connectivity index (χ0v) is 10.3. The van der Waals surface area contributed by atoms with Crippen LogP contribution in [0.1, 0.15) is 26.7 Å². The van der Waals surface area contributed by atoms with Gasteiger partial charge in [0.15, 0.2) is 0 Å². The van der Waals surface area contributed by atoms with Crippen LogP contribution in [0.3, 0.4) is 0 Å². The van der Waals surface area contributed by atoms with E-state index in [1.54, 1.807) is 0 Å². The van der Waals surface area contributed by atoms with E-state index in [2.05, 4.69) is 35.7 Å². The van der Waals surface area contributed by atoms with Crippen LogP contribution in [0.25, 0.3) is 0 Å². The van der Waals surface area contributed by atoms with Gasteiger partial charge in [-0.05, 0) is 13.3 Å². The van der Waals surface area contributed by atoms with E-state index in [0.29, 0.717) is 18.3 Å². The van der Waals surface area contributed by atoms with Crippen LogP contribution in [0, 0.1) is 0 Å². The molecule has 0 bridgehead atoms. The highest BCUT2D eigenvalue weighted by atomic mass is 32.2. The van der Waals surface area contributed by atoms with Gasteiger partial charge in [0.25, 0.3) is 0 Å². The minimum atomic E-state index is 0.328. The number of rotatable bonds is 4. The van der Waals surface area contributed by atoms with Crippen molar-refractivity contribution < 1.29 is 5.21 Å². The number of nitrogens with two attached hydrogens (primary N) is 1. The average Bonchev–Trinajstić information content (AvgIpc) is 2.28. The molecular weight excluding hydrogens is 210 g/mol. The molecule has 0 radical (unpaired) electrons. The van der Waals surface area contributed by atoms with Crippen LogP contribution in [0.5, 0.6) is 0 Å². The fourth-order valence-electron chi connectivity index (χ4n) is 1.86. The zero-order valence-electron chi connectivity index (χ0n) is 9.52. The third kappa shape index (κ3) is 3.91. The predicted octanol–water partition coefficient (Wildman–Crippen LogP) is 1.34. The molecule has 15 heavy (non-hydrogen) atoms. The summed E-state index contributed by atoms with van der Waals surface area (Å²) in [6, 6.07) is 0.371. The van der Waals surface area contributed by atoms with Crippen LogP contribution in [0.4, 0.5) is 0 Å². The normalized spacial score (nSPS) is 26.5. The minimum absolute atomic E-state index is 0.328. The third-order valence-electron chi connectivity index (χ3n) is 2.88. The van der Waals surface area contributed by atoms with Crippen molar-refractivity contribution in [3.05, 3.63) is 0 Å². The molecule has 0 amide bonds. The maximum absolute atomic E-state index is 8.52. The first-order chi connectivity index (χ1) is 7.17. The fourth-order valence-corrected chi connectivity index (χ4v) is 3.07. The monoisotopic (exact) mass is 231 g/mol. The van der Waals surface area contributed by atoms with Gasteiger partial charge in [-0.15, -0.1) is 0 Å². The lowest BCUT2D eigenvalue weighted by molar-refractivity contribution is 0.217. The lowest BCUT2D eigenvalue weighted by Gasteiger charge is -2.36. The molecule has 1 aliphatic rings. The Hall–Kier alpha value is -0.420. The highest BCUT2D eigenvalue weighted by molar-refractivity contribution is 8.00. The van der Waals surface area contributed by atoms with Gasteiger partial charge >= 0.3 is 0 Å². The highest BCUT2D eigenvalue weighted by Gasteiger charge is 2.23. The fraction of sp³-hybridized carbons (Fsp3) is 0.900. The first kappa shape index (κ1) is 12.6. The Morgan fingerprint density at radius 1 is 1.73 bits per heavy atom. The summed E-state index contributed by atoms with van der Waals surface area (Å²) in [5.41, 5.74) is 5.52. The zero-order chi connectivity index (χ0) is 11.3. The van der Waals surface area contributed by atoms with Crippen LogP contribution < -0.4 is 5.73 Å². The van der Waals surface area contributed by atoms with E-state index in [0.717, 1.165) is 18.3 Å². The van der Waals surface area contributed by atoms with Gasteiger partial charge in [0, 0.05) is 36.6 Å². The van der Waals surface area contributed by atoms with Gasteiger partial charge in [-0.25, -0.2) is 0 Å². The smallest absolute Gasteiger partial charge is 0.140 e. The van der Waals surface area contributed by atoms with Gasteiger partial charge < -0.3 is 10.9 Å². The molecule has 0 aliphatic carbocycles. The first-order valence-electron chi connectivity index (χ1n) is 5.49. The Morgan fingerprint density at radius 2 is 2.47 bits per heavy atom. The molecule has 1 fully saturated rings. The topological polar surface area (TPSA) is 61.8 Å². The van der Waals surface area contributed by atoms with E-state index >= 15 is 0 Å². The quantitative estimate of drug-likeness (QED) is 0.332. The van der Waals surface area contributed by atoms with Gasteiger partial charge in [-0.3, -0.25) is 4.90 Å². The first-order valence-corrected chi connectivity index (χ1v) is 6.54. The van der Waals surface area contributed by atoms with Gasteiger partial charge in [0.05, 0.1) is 0 Å². The second kappa shape index (κ2) is 6.23. The number of hydrogen-bond donors (Lipinski definition) is 2. The van der Waals surface area contributed by atoms with Crippen molar-refractivity contribution in [2.45, 2.75) is 38.0 Å². The Labute approximate surface area is 95.9 Å². The molecule has 3 N–H and O–H groups in total. The molecule has 88 valence electrons. The molecule has 5 heteroatoms. The van der Waals surface area contributed by atoms with E-state index < -0.39 is 0 Å². The molecule has 0 aromatic rings. The molecule has 1 rings (SSSR count). The summed E-state index contributed by atoms with van der Waals surface area (Å²) in [4.78, 5) is 2.43. The summed E-state index contributed by atoms with van der Waals surface area (Å²) >= 11 is 2.06. The van der Waals surface area contributed by atoms with Gasteiger partial charge in [0.1, 0.15) is 5.84 Å². The van der Waals surface area contributed by atoms with Crippen LogP contribution >= 0.6 is 11.8 Å². The van der Waals surface area contributed by atoms with Crippen molar-refractivity contribution in [3.63, 3.8) is 0 Å². The minimum Gasteiger partial charge on any atom is -0.409 e. The summed E-state index contributed by atoms with van der Waals surface area (Å²) in [5.74, 6) is 1.52. The molecular formula is C10H21N3OS. The summed E-state index contributed by atoms with van der Waals surface area (Å²) in [7, 11) is 0. The van der Waals surface area contributed by atoms with Crippen molar-refractivity contribution in [2.24, 2.45) is 10.9 Å². The molecule has 0 saturated carbocycles. The van der Waals surface area contributed by atoms with Crippen LogP contribution in [0.2, 0.25) is 0 Å². The average molecular weight is 231 g/mol. The SMILES string of the molecule is CCC1CN(C(C)CC(N)=NO)CCS1. The lowest BCUT2D eigenvalue weighted by atomic mass is 10.1. The van der Waals surface area contributed by atoms with Crippen LogP contribution in [0.15, 0.2) is 5.16 Å². The Balaban J connectivity index is 2.41. The second-order valence-electron chi connectivity index (χ2n) is 4.04. The third-order valence-corrected chi connectivity index (χ3v) is 4.25. The molecule has 0 spiro atoms. The molecule has 1 saturated heterocycles. The number of amidine groups is 1. The molecule has 1 heterocycles. The second-order valence-corrected chi connectivity index (χ2v) is 5.45. The Bertz CT molecular complexity index is 223. The predicted molar refractivity (Wildman–Crippen MR) is 65.6 cm³/mol. The number of nitrogens with zero attached hydrogens (tertiary/aromatic N) is 2. The van der Waals surface area contributed by atoms with Gasteiger partial charge in [0.2, 0.25) is 0 Å². The highest BCUT2D eigenvalue weighted by Crippen LogP contribution is 2.23. The van der Waals surface area contributed by atoms with Crippen LogP contribution in [-0.4, -0.2) is 46.1 Å². The Morgan fingerprint density at radius 3 is 3.07 bits per heavy atom. The maximum Gasteiger partial charge on any atom is 0.140 e. The standard InChI is InChI=1S/C10H21N3OS/c1-3-9-7-13(4-5-15-9)8(2)6-10(11)12-14/h8-9,14H,3-7H2,1-2H3,(H2,11,12). The van der Waals surface area contributed by atoms with Crippen LogP contribution in [-0.2, 0) is 0 Å². The molecule has 1 aliphatic heterocycles. The lowest BCUT2D eigenvalue weighted by Crippen LogP contribution is -2.44. The molecule has 0 aromatic carbocycles. The number of hydrogen-bond acceptors (Lipinski definition) is 4. The number of oxime groups is 1. The van der Waals surface area contributed by atoms with E-state index in [1.165, 1.54) is 12.2 Å². The van der Waals surface area contributed by atoms with Gasteiger partial charge in [-0.1, -0.05) is 12.1 Å². The molecule has 2 atom stereocenters. The van der Waals surface area contributed by atoms with Crippen molar-refractivity contribution in [1.29, 1.82) is 0 Å². The van der Waals surface area contributed by atoms with Crippen molar-refractivity contribution in [1.82, 2.24) is 4.90 Å². The van der Waals surface area contributed by atoms with E-state index in [4.69, 9.17) is 10.9 Å². The van der Waals surface area contributed by atoms with E-state index in [9.17, 15) is 0 Å². The summed E-state index contributed by atoms with van der Waals surface area (Å²) in [6.45, 7) is 6.61. The molecule has 0 aromatic heterocycles. The summed E-state index contributed by atoms with van der Waals surface area (Å²) in [6.07, 6.45) is 1.87. The molecule has 2 unspecified atom stereocenters.